The molecule has 6 nitrogen and oxygen atoms in total. The van der Waals surface area contributed by atoms with Crippen LogP contribution < -0.4 is 9.03 Å². The van der Waals surface area contributed by atoms with Crippen LogP contribution in [-0.4, -0.2) is 29.6 Å². The third kappa shape index (κ3) is 3.22. The van der Waals surface area contributed by atoms with Gasteiger partial charge in [0, 0.05) is 6.54 Å². The number of nitrogens with one attached hydrogen (secondary N) is 1. The van der Waals surface area contributed by atoms with E-state index < -0.39 is 20.0 Å². The first kappa shape index (κ1) is 17.1. The molecule has 2 aromatic rings. The van der Waals surface area contributed by atoms with Crippen molar-refractivity contribution in [3.63, 3.8) is 0 Å². The highest BCUT2D eigenvalue weighted by Gasteiger charge is 2.27. The number of sulfonamides is 2. The Kier molecular flexibility index (Phi) is 4.23. The van der Waals surface area contributed by atoms with Crippen molar-refractivity contribution in [1.82, 2.24) is 0 Å². The molecule has 0 fully saturated rings. The Balaban J connectivity index is 1.97. The highest BCUT2D eigenvalue weighted by Crippen LogP contribution is 2.33. The molecule has 0 bridgehead atoms. The summed E-state index contributed by atoms with van der Waals surface area (Å²) in [4.78, 5) is -0.0351. The highest BCUT2D eigenvalue weighted by molar-refractivity contribution is 7.93. The molecule has 0 radical (unpaired) electrons. The number of benzene rings is 2. The fraction of sp³-hybridized carbons (Fsp3) is 0.200. The van der Waals surface area contributed by atoms with Crippen LogP contribution in [0.4, 0.5) is 11.4 Å². The maximum Gasteiger partial charge on any atom is 0.263 e. The van der Waals surface area contributed by atoms with Crippen molar-refractivity contribution in [2.45, 2.75) is 11.3 Å². The van der Waals surface area contributed by atoms with Gasteiger partial charge in [0.1, 0.15) is 4.90 Å². The van der Waals surface area contributed by atoms with Crippen molar-refractivity contribution in [2.24, 2.45) is 0 Å². The normalized spacial score (nSPS) is 14.5. The molecule has 1 aliphatic heterocycles. The van der Waals surface area contributed by atoms with Crippen LogP contribution >= 0.6 is 11.6 Å². The maximum atomic E-state index is 12.5. The van der Waals surface area contributed by atoms with Crippen LogP contribution in [0.1, 0.15) is 5.56 Å². The topological polar surface area (TPSA) is 83.6 Å². The monoisotopic (exact) mass is 386 g/mol. The minimum absolute atomic E-state index is 0.0351. The highest BCUT2D eigenvalue weighted by atomic mass is 35.5. The second-order valence-electron chi connectivity index (χ2n) is 5.46. The van der Waals surface area contributed by atoms with Crippen LogP contribution in [-0.2, 0) is 26.5 Å². The molecule has 0 unspecified atom stereocenters. The van der Waals surface area contributed by atoms with Crippen LogP contribution in [0.25, 0.3) is 0 Å². The van der Waals surface area contributed by atoms with E-state index in [1.807, 2.05) is 0 Å². The first-order chi connectivity index (χ1) is 11.2. The minimum Gasteiger partial charge on any atom is -0.280 e. The van der Waals surface area contributed by atoms with Crippen LogP contribution in [0, 0.1) is 0 Å². The van der Waals surface area contributed by atoms with Gasteiger partial charge in [-0.25, -0.2) is 16.8 Å². The van der Waals surface area contributed by atoms with Crippen molar-refractivity contribution in [3.05, 3.63) is 53.1 Å². The molecule has 9 heteroatoms. The SMILES string of the molecule is CS(=O)(=O)N1CCc2ccc(NS(=O)(=O)c3ccccc3Cl)cc21. The van der Waals surface area contributed by atoms with Crippen LogP contribution in [0.15, 0.2) is 47.4 Å². The Bertz CT molecular complexity index is 1000. The summed E-state index contributed by atoms with van der Waals surface area (Å²) in [5, 5.41) is 0.115. The van der Waals surface area contributed by atoms with E-state index in [0.717, 1.165) is 11.8 Å². The fourth-order valence-corrected chi connectivity index (χ4v) is 5.15. The lowest BCUT2D eigenvalue weighted by molar-refractivity contribution is 0.597. The van der Waals surface area contributed by atoms with E-state index in [4.69, 9.17) is 11.6 Å². The van der Waals surface area contributed by atoms with Gasteiger partial charge in [0.05, 0.1) is 22.7 Å². The molecular weight excluding hydrogens is 372 g/mol. The summed E-state index contributed by atoms with van der Waals surface area (Å²) in [6.07, 6.45) is 1.72. The first-order valence-electron chi connectivity index (χ1n) is 7.06. The Labute approximate surface area is 146 Å². The Hall–Kier alpha value is -1.77. The van der Waals surface area contributed by atoms with Crippen LogP contribution in [0.5, 0.6) is 0 Å². The standard InChI is InChI=1S/C15H15ClN2O4S2/c1-23(19,20)18-9-8-11-6-7-12(10-14(11)18)17-24(21,22)15-5-3-2-4-13(15)16/h2-7,10,17H,8-9H2,1H3. The summed E-state index contributed by atoms with van der Waals surface area (Å²) in [5.41, 5.74) is 1.64. The predicted octanol–water partition coefficient (Wildman–Crippen LogP) is 2.46. The largest absolute Gasteiger partial charge is 0.280 e. The number of hydrogen-bond donors (Lipinski definition) is 1. The van der Waals surface area contributed by atoms with Gasteiger partial charge in [-0.1, -0.05) is 29.8 Å². The average molecular weight is 387 g/mol. The lowest BCUT2D eigenvalue weighted by Crippen LogP contribution is -2.27. The van der Waals surface area contributed by atoms with Gasteiger partial charge in [-0.3, -0.25) is 9.03 Å². The average Bonchev–Trinajstić information content (AvgIpc) is 2.90. The van der Waals surface area contributed by atoms with Crippen molar-refractivity contribution in [2.75, 3.05) is 21.8 Å². The van der Waals surface area contributed by atoms with E-state index in [-0.39, 0.29) is 15.6 Å². The molecule has 24 heavy (non-hydrogen) atoms. The van der Waals surface area contributed by atoms with E-state index in [1.54, 1.807) is 24.3 Å². The molecular formula is C15H15ClN2O4S2. The zero-order valence-corrected chi connectivity index (χ0v) is 15.1. The number of rotatable bonds is 4. The van der Waals surface area contributed by atoms with E-state index in [1.165, 1.54) is 22.5 Å². The lowest BCUT2D eigenvalue weighted by Gasteiger charge is -2.17. The third-order valence-electron chi connectivity index (χ3n) is 3.72. The minimum atomic E-state index is -3.86. The van der Waals surface area contributed by atoms with Crippen molar-refractivity contribution >= 4 is 43.0 Å². The van der Waals surface area contributed by atoms with Crippen LogP contribution in [0.3, 0.4) is 0 Å². The van der Waals surface area contributed by atoms with Gasteiger partial charge in [-0.05, 0) is 36.2 Å². The summed E-state index contributed by atoms with van der Waals surface area (Å²) >= 11 is 5.95. The smallest absolute Gasteiger partial charge is 0.263 e. The summed E-state index contributed by atoms with van der Waals surface area (Å²) in [7, 11) is -7.26. The maximum absolute atomic E-state index is 12.5. The molecule has 0 aromatic heterocycles. The van der Waals surface area contributed by atoms with Gasteiger partial charge in [-0.15, -0.1) is 0 Å². The predicted molar refractivity (Wildman–Crippen MR) is 94.6 cm³/mol. The van der Waals surface area contributed by atoms with Gasteiger partial charge in [0.15, 0.2) is 0 Å². The van der Waals surface area contributed by atoms with Gasteiger partial charge in [-0.2, -0.15) is 0 Å². The van der Waals surface area contributed by atoms with Gasteiger partial charge < -0.3 is 0 Å². The third-order valence-corrected chi connectivity index (χ3v) is 6.78. The summed E-state index contributed by atoms with van der Waals surface area (Å²) in [5.74, 6) is 0. The van der Waals surface area contributed by atoms with Gasteiger partial charge >= 0.3 is 0 Å². The Morgan fingerprint density at radius 3 is 2.46 bits per heavy atom. The molecule has 0 saturated heterocycles. The number of halogens is 1. The van der Waals surface area contributed by atoms with E-state index in [0.29, 0.717) is 18.7 Å². The molecule has 1 aliphatic rings. The second-order valence-corrected chi connectivity index (χ2v) is 9.43. The molecule has 0 amide bonds. The van der Waals surface area contributed by atoms with Gasteiger partial charge in [0.25, 0.3) is 10.0 Å². The zero-order valence-electron chi connectivity index (χ0n) is 12.7. The first-order valence-corrected chi connectivity index (χ1v) is 10.8. The molecule has 2 aromatic carbocycles. The van der Waals surface area contributed by atoms with Crippen molar-refractivity contribution in [1.29, 1.82) is 0 Å². The molecule has 3 rings (SSSR count). The molecule has 0 aliphatic carbocycles. The molecule has 128 valence electrons. The summed E-state index contributed by atoms with van der Waals surface area (Å²) in [6.45, 7) is 0.356. The number of hydrogen-bond acceptors (Lipinski definition) is 4. The molecule has 1 heterocycles. The lowest BCUT2D eigenvalue weighted by atomic mass is 10.1. The van der Waals surface area contributed by atoms with Crippen molar-refractivity contribution in [3.8, 4) is 0 Å². The quantitative estimate of drug-likeness (QED) is 0.874. The molecule has 0 saturated carbocycles. The van der Waals surface area contributed by atoms with E-state index >= 15 is 0 Å². The number of anilines is 2. The number of nitrogens with zero attached hydrogens (tertiary/aromatic N) is 1. The number of fused-ring (bicyclic) bond motifs is 1. The van der Waals surface area contributed by atoms with Gasteiger partial charge in [0.2, 0.25) is 10.0 Å². The molecule has 0 spiro atoms. The summed E-state index contributed by atoms with van der Waals surface area (Å²) in [6, 6.07) is 11.0. The van der Waals surface area contributed by atoms with E-state index in [9.17, 15) is 16.8 Å². The molecule has 0 atom stereocenters. The fourth-order valence-electron chi connectivity index (χ4n) is 2.63. The van der Waals surface area contributed by atoms with Crippen LogP contribution in [0.2, 0.25) is 5.02 Å². The zero-order chi connectivity index (χ0) is 17.5. The Morgan fingerprint density at radius 2 is 1.79 bits per heavy atom. The summed E-state index contributed by atoms with van der Waals surface area (Å²) < 4.78 is 52.3. The van der Waals surface area contributed by atoms with E-state index in [2.05, 4.69) is 4.72 Å². The molecule has 1 N–H and O–H groups in total. The second kappa shape index (κ2) is 5.94. The van der Waals surface area contributed by atoms with Crippen molar-refractivity contribution < 1.29 is 16.8 Å². The Morgan fingerprint density at radius 1 is 1.08 bits per heavy atom.